The molecular formula is C31H48O5. The number of carbonyl (C=O) groups excluding carboxylic acids is 2. The molecule has 1 unspecified atom stereocenters. The van der Waals surface area contributed by atoms with Crippen LogP contribution in [-0.2, 0) is 19.1 Å². The van der Waals surface area contributed by atoms with Gasteiger partial charge in [0.25, 0.3) is 0 Å². The van der Waals surface area contributed by atoms with Gasteiger partial charge in [-0.1, -0.05) is 99.6 Å². The molecule has 0 bridgehead atoms. The number of hydrogen-bond donors (Lipinski definition) is 1. The van der Waals surface area contributed by atoms with Gasteiger partial charge in [0, 0.05) is 12.8 Å². The molecule has 0 aliphatic rings. The maximum atomic E-state index is 11.9. The first-order chi connectivity index (χ1) is 17.6. The first kappa shape index (κ1) is 33.3. The zero-order valence-electron chi connectivity index (χ0n) is 22.5. The van der Waals surface area contributed by atoms with Gasteiger partial charge in [-0.3, -0.25) is 9.59 Å². The van der Waals surface area contributed by atoms with E-state index in [0.29, 0.717) is 12.8 Å². The highest BCUT2D eigenvalue weighted by Gasteiger charge is 2.15. The average Bonchev–Trinajstić information content (AvgIpc) is 2.88. The standard InChI is InChI=1S/C31H48O5/c1-3-5-7-8-9-10-11-12-13-14-15-16-17-18-19-20-21-22-24-26-31(34)36-29(27-32)28-35-30(33)25-23-6-4-2/h5,7,9-10,12-13,15-16,18-19,21-22,29,32H,3-4,6,8,11,14,17,20,23-28H2,1-2H3/b7-5-,10-9-,13-12-,16-15-,19-18-,22-21-. The van der Waals surface area contributed by atoms with E-state index in [1.165, 1.54) is 0 Å². The Hall–Kier alpha value is -2.66. The zero-order chi connectivity index (χ0) is 26.5. The summed E-state index contributed by atoms with van der Waals surface area (Å²) < 4.78 is 10.3. The lowest BCUT2D eigenvalue weighted by Crippen LogP contribution is -2.28. The van der Waals surface area contributed by atoms with Crippen LogP contribution in [-0.4, -0.2) is 36.4 Å². The van der Waals surface area contributed by atoms with Gasteiger partial charge in [-0.05, 0) is 51.4 Å². The van der Waals surface area contributed by atoms with Crippen LogP contribution in [0.2, 0.25) is 0 Å². The summed E-state index contributed by atoms with van der Waals surface area (Å²) in [6.45, 7) is 3.73. The van der Waals surface area contributed by atoms with E-state index >= 15 is 0 Å². The molecule has 0 heterocycles. The fraction of sp³-hybridized carbons (Fsp3) is 0.548. The van der Waals surface area contributed by atoms with Crippen molar-refractivity contribution < 1.29 is 24.2 Å². The van der Waals surface area contributed by atoms with Crippen LogP contribution in [0.1, 0.15) is 90.9 Å². The Labute approximate surface area is 219 Å². The second-order valence-electron chi connectivity index (χ2n) is 8.39. The quantitative estimate of drug-likeness (QED) is 0.0947. The van der Waals surface area contributed by atoms with Gasteiger partial charge in [0.1, 0.15) is 6.61 Å². The Morgan fingerprint density at radius 3 is 1.64 bits per heavy atom. The van der Waals surface area contributed by atoms with Crippen molar-refractivity contribution in [1.82, 2.24) is 0 Å². The van der Waals surface area contributed by atoms with Gasteiger partial charge < -0.3 is 14.6 Å². The number of aliphatic hydroxyl groups is 1. The Balaban J connectivity index is 3.80. The number of hydrogen-bond acceptors (Lipinski definition) is 5. The summed E-state index contributed by atoms with van der Waals surface area (Å²) in [5, 5.41) is 9.33. The van der Waals surface area contributed by atoms with Crippen molar-refractivity contribution in [3.05, 3.63) is 72.9 Å². The molecule has 0 aromatic rings. The lowest BCUT2D eigenvalue weighted by molar-refractivity contribution is -0.161. The Kier molecular flexibility index (Phi) is 24.9. The second-order valence-corrected chi connectivity index (χ2v) is 8.39. The molecule has 0 aromatic carbocycles. The maximum absolute atomic E-state index is 11.9. The molecule has 5 nitrogen and oxygen atoms in total. The number of allylic oxidation sites excluding steroid dienone is 12. The van der Waals surface area contributed by atoms with Crippen molar-refractivity contribution in [2.45, 2.75) is 97.0 Å². The molecule has 1 N–H and O–H groups in total. The third-order valence-electron chi connectivity index (χ3n) is 5.03. The summed E-state index contributed by atoms with van der Waals surface area (Å²) in [5.74, 6) is -0.730. The molecule has 0 fully saturated rings. The number of ether oxygens (including phenoxy) is 2. The van der Waals surface area contributed by atoms with E-state index in [0.717, 1.165) is 57.8 Å². The van der Waals surface area contributed by atoms with E-state index in [2.05, 4.69) is 74.6 Å². The number of esters is 2. The highest BCUT2D eigenvalue weighted by molar-refractivity contribution is 5.70. The summed E-state index contributed by atoms with van der Waals surface area (Å²) in [7, 11) is 0. The molecule has 0 rings (SSSR count). The van der Waals surface area contributed by atoms with Crippen LogP contribution in [0.25, 0.3) is 0 Å². The van der Waals surface area contributed by atoms with E-state index < -0.39 is 12.1 Å². The van der Waals surface area contributed by atoms with Gasteiger partial charge in [0.15, 0.2) is 6.10 Å². The molecule has 0 aromatic heterocycles. The van der Waals surface area contributed by atoms with Crippen molar-refractivity contribution in [3.63, 3.8) is 0 Å². The molecule has 36 heavy (non-hydrogen) atoms. The van der Waals surface area contributed by atoms with Crippen LogP contribution in [0.4, 0.5) is 0 Å². The van der Waals surface area contributed by atoms with Gasteiger partial charge in [-0.2, -0.15) is 0 Å². The molecule has 0 saturated heterocycles. The smallest absolute Gasteiger partial charge is 0.306 e. The third-order valence-corrected chi connectivity index (χ3v) is 5.03. The number of rotatable bonds is 22. The summed E-state index contributed by atoms with van der Waals surface area (Å²) in [6, 6.07) is 0. The predicted molar refractivity (Wildman–Crippen MR) is 150 cm³/mol. The van der Waals surface area contributed by atoms with Crippen LogP contribution in [0.5, 0.6) is 0 Å². The van der Waals surface area contributed by atoms with Gasteiger partial charge in [0.2, 0.25) is 0 Å². The lowest BCUT2D eigenvalue weighted by Gasteiger charge is -2.15. The minimum absolute atomic E-state index is 0.104. The maximum Gasteiger partial charge on any atom is 0.306 e. The molecule has 202 valence electrons. The van der Waals surface area contributed by atoms with Gasteiger partial charge >= 0.3 is 11.9 Å². The van der Waals surface area contributed by atoms with E-state index in [-0.39, 0.29) is 25.6 Å². The SMILES string of the molecule is CC/C=C\C/C=C\C/C=C\C/C=C\C/C=C\C/C=C\CCC(=O)OC(CO)COC(=O)CCCCC. The van der Waals surface area contributed by atoms with Crippen molar-refractivity contribution in [3.8, 4) is 0 Å². The fourth-order valence-corrected chi connectivity index (χ4v) is 2.99. The normalized spacial score (nSPS) is 13.3. The molecule has 1 atom stereocenters. The second kappa shape index (κ2) is 26.9. The van der Waals surface area contributed by atoms with Crippen LogP contribution < -0.4 is 0 Å². The molecule has 0 aliphatic carbocycles. The largest absolute Gasteiger partial charge is 0.462 e. The van der Waals surface area contributed by atoms with Gasteiger partial charge in [0.05, 0.1) is 6.61 Å². The van der Waals surface area contributed by atoms with Crippen LogP contribution in [0.3, 0.4) is 0 Å². The predicted octanol–water partition coefficient (Wildman–Crippen LogP) is 7.49. The summed E-state index contributed by atoms with van der Waals surface area (Å²) >= 11 is 0. The van der Waals surface area contributed by atoms with Crippen molar-refractivity contribution >= 4 is 11.9 Å². The van der Waals surface area contributed by atoms with Crippen LogP contribution in [0.15, 0.2) is 72.9 Å². The monoisotopic (exact) mass is 500 g/mol. The van der Waals surface area contributed by atoms with E-state index in [1.807, 2.05) is 12.2 Å². The molecule has 0 spiro atoms. The van der Waals surface area contributed by atoms with E-state index in [1.54, 1.807) is 0 Å². The fourth-order valence-electron chi connectivity index (χ4n) is 2.99. The zero-order valence-corrected chi connectivity index (χ0v) is 22.5. The lowest BCUT2D eigenvalue weighted by atomic mass is 10.2. The Bertz CT molecular complexity index is 712. The average molecular weight is 501 g/mol. The number of carbonyl (C=O) groups is 2. The summed E-state index contributed by atoms with van der Waals surface area (Å²) in [5.41, 5.74) is 0. The molecule has 0 amide bonds. The Morgan fingerprint density at radius 1 is 0.667 bits per heavy atom. The van der Waals surface area contributed by atoms with Crippen LogP contribution in [0, 0.1) is 0 Å². The molecule has 0 aliphatic heterocycles. The number of aliphatic hydroxyl groups excluding tert-OH is 1. The van der Waals surface area contributed by atoms with Crippen molar-refractivity contribution in [2.75, 3.05) is 13.2 Å². The molecule has 0 radical (unpaired) electrons. The summed E-state index contributed by atoms with van der Waals surface area (Å²) in [6.07, 6.45) is 34.5. The van der Waals surface area contributed by atoms with Gasteiger partial charge in [-0.25, -0.2) is 0 Å². The molecule has 0 saturated carbocycles. The third kappa shape index (κ3) is 24.5. The Morgan fingerprint density at radius 2 is 1.17 bits per heavy atom. The summed E-state index contributed by atoms with van der Waals surface area (Å²) in [4.78, 5) is 23.5. The number of unbranched alkanes of at least 4 members (excludes halogenated alkanes) is 2. The topological polar surface area (TPSA) is 72.8 Å². The first-order valence-corrected chi connectivity index (χ1v) is 13.5. The highest BCUT2D eigenvalue weighted by atomic mass is 16.6. The molecular weight excluding hydrogens is 452 g/mol. The highest BCUT2D eigenvalue weighted by Crippen LogP contribution is 2.04. The minimum Gasteiger partial charge on any atom is -0.462 e. The van der Waals surface area contributed by atoms with E-state index in [9.17, 15) is 14.7 Å². The van der Waals surface area contributed by atoms with E-state index in [4.69, 9.17) is 9.47 Å². The van der Waals surface area contributed by atoms with Crippen molar-refractivity contribution in [2.24, 2.45) is 0 Å². The first-order valence-electron chi connectivity index (χ1n) is 13.5. The van der Waals surface area contributed by atoms with Gasteiger partial charge in [-0.15, -0.1) is 0 Å². The van der Waals surface area contributed by atoms with Crippen molar-refractivity contribution in [1.29, 1.82) is 0 Å². The molecule has 5 heteroatoms. The minimum atomic E-state index is -0.807. The van der Waals surface area contributed by atoms with Crippen LogP contribution >= 0.6 is 0 Å².